The quantitative estimate of drug-likeness (QED) is 0.743. The van der Waals surface area contributed by atoms with Gasteiger partial charge in [-0.15, -0.1) is 0 Å². The highest BCUT2D eigenvalue weighted by Crippen LogP contribution is 2.31. The van der Waals surface area contributed by atoms with Crippen LogP contribution in [0.2, 0.25) is 0 Å². The third-order valence-electron chi connectivity index (χ3n) is 4.03. The van der Waals surface area contributed by atoms with Gasteiger partial charge in [0, 0.05) is 6.08 Å². The monoisotopic (exact) mass is 417 g/mol. The predicted octanol–water partition coefficient (Wildman–Crippen LogP) is 4.12. The van der Waals surface area contributed by atoms with Crippen molar-refractivity contribution in [3.05, 3.63) is 58.1 Å². The summed E-state index contributed by atoms with van der Waals surface area (Å²) in [5.74, 6) is 2.02. The van der Waals surface area contributed by atoms with Crippen molar-refractivity contribution in [2.75, 3.05) is 20.3 Å². The summed E-state index contributed by atoms with van der Waals surface area (Å²) >= 11 is 3.46. The lowest BCUT2D eigenvalue weighted by atomic mass is 10.1. The van der Waals surface area contributed by atoms with E-state index in [4.69, 9.17) is 14.2 Å². The van der Waals surface area contributed by atoms with Gasteiger partial charge in [0.2, 0.25) is 5.91 Å². The lowest BCUT2D eigenvalue weighted by molar-refractivity contribution is -0.117. The maximum absolute atomic E-state index is 12.2. The molecule has 3 rings (SSSR count). The van der Waals surface area contributed by atoms with Gasteiger partial charge in [-0.3, -0.25) is 4.79 Å². The van der Waals surface area contributed by atoms with E-state index in [0.29, 0.717) is 19.0 Å². The minimum absolute atomic E-state index is 0.130. The number of ether oxygens (including phenoxy) is 3. The number of benzene rings is 2. The van der Waals surface area contributed by atoms with E-state index in [-0.39, 0.29) is 11.9 Å². The van der Waals surface area contributed by atoms with Crippen LogP contribution in [0.5, 0.6) is 17.2 Å². The van der Waals surface area contributed by atoms with E-state index in [1.165, 1.54) is 6.08 Å². The van der Waals surface area contributed by atoms with Crippen molar-refractivity contribution in [3.8, 4) is 17.2 Å². The minimum atomic E-state index is -0.167. The van der Waals surface area contributed by atoms with Crippen LogP contribution in [0.1, 0.15) is 24.1 Å². The van der Waals surface area contributed by atoms with Crippen molar-refractivity contribution in [1.29, 1.82) is 0 Å². The molecule has 0 aliphatic carbocycles. The molecule has 0 fully saturated rings. The molecule has 1 amide bonds. The average molecular weight is 418 g/mol. The normalized spacial score (nSPS) is 14.1. The Morgan fingerprint density at radius 3 is 2.69 bits per heavy atom. The molecule has 0 saturated heterocycles. The number of carbonyl (C=O) groups is 1. The van der Waals surface area contributed by atoms with Crippen molar-refractivity contribution in [1.82, 2.24) is 5.32 Å². The molecule has 0 saturated carbocycles. The lowest BCUT2D eigenvalue weighted by Gasteiger charge is -2.18. The first-order valence-electron chi connectivity index (χ1n) is 8.28. The fourth-order valence-corrected chi connectivity index (χ4v) is 3.19. The fourth-order valence-electron chi connectivity index (χ4n) is 2.63. The van der Waals surface area contributed by atoms with E-state index < -0.39 is 0 Å². The predicted molar refractivity (Wildman–Crippen MR) is 104 cm³/mol. The first kappa shape index (κ1) is 18.3. The van der Waals surface area contributed by atoms with Crippen LogP contribution in [-0.4, -0.2) is 26.2 Å². The van der Waals surface area contributed by atoms with Crippen LogP contribution < -0.4 is 19.5 Å². The first-order valence-corrected chi connectivity index (χ1v) is 9.08. The Morgan fingerprint density at radius 2 is 1.96 bits per heavy atom. The molecule has 2 aromatic rings. The lowest BCUT2D eigenvalue weighted by Crippen LogP contribution is -2.24. The van der Waals surface area contributed by atoms with Crippen LogP contribution in [0, 0.1) is 0 Å². The van der Waals surface area contributed by atoms with Gasteiger partial charge < -0.3 is 19.5 Å². The van der Waals surface area contributed by atoms with E-state index in [1.807, 2.05) is 43.3 Å². The fraction of sp³-hybridized carbons (Fsp3) is 0.250. The number of methoxy groups -OCH3 is 1. The molecule has 0 aromatic heterocycles. The highest BCUT2D eigenvalue weighted by Gasteiger charge is 2.12. The summed E-state index contributed by atoms with van der Waals surface area (Å²) in [7, 11) is 1.62. The number of hydrogen-bond acceptors (Lipinski definition) is 4. The number of rotatable bonds is 5. The van der Waals surface area contributed by atoms with Gasteiger partial charge in [-0.05, 0) is 64.3 Å². The summed E-state index contributed by atoms with van der Waals surface area (Å²) in [6.45, 7) is 3.03. The Balaban J connectivity index is 1.63. The molecule has 1 atom stereocenters. The zero-order chi connectivity index (χ0) is 18.5. The maximum atomic E-state index is 12.2. The smallest absolute Gasteiger partial charge is 0.244 e. The second-order valence-corrected chi connectivity index (χ2v) is 6.72. The number of halogens is 1. The van der Waals surface area contributed by atoms with Crippen LogP contribution >= 0.6 is 15.9 Å². The standard InChI is InChI=1S/C20H20BrNO4/c1-13(15-5-7-17(24-2)16(21)12-15)22-20(23)8-4-14-3-6-18-19(11-14)26-10-9-25-18/h3-8,11-13H,9-10H2,1-2H3,(H,22,23)/b8-4+/t13-/m1/s1. The van der Waals surface area contributed by atoms with Crippen molar-refractivity contribution >= 4 is 27.9 Å². The van der Waals surface area contributed by atoms with Crippen molar-refractivity contribution in [2.24, 2.45) is 0 Å². The van der Waals surface area contributed by atoms with Crippen LogP contribution in [0.25, 0.3) is 6.08 Å². The molecule has 0 radical (unpaired) electrons. The zero-order valence-corrected chi connectivity index (χ0v) is 16.2. The molecule has 0 spiro atoms. The van der Waals surface area contributed by atoms with Gasteiger partial charge in [-0.2, -0.15) is 0 Å². The van der Waals surface area contributed by atoms with Crippen LogP contribution in [0.3, 0.4) is 0 Å². The van der Waals surface area contributed by atoms with Gasteiger partial charge in [-0.25, -0.2) is 0 Å². The molecular formula is C20H20BrNO4. The van der Waals surface area contributed by atoms with Crippen LogP contribution in [0.15, 0.2) is 46.9 Å². The highest BCUT2D eigenvalue weighted by atomic mass is 79.9. The molecule has 1 aliphatic rings. The minimum Gasteiger partial charge on any atom is -0.496 e. The van der Waals surface area contributed by atoms with Gasteiger partial charge in [0.1, 0.15) is 19.0 Å². The average Bonchev–Trinajstić information content (AvgIpc) is 2.66. The van der Waals surface area contributed by atoms with Gasteiger partial charge >= 0.3 is 0 Å². The molecule has 0 unspecified atom stereocenters. The molecular weight excluding hydrogens is 398 g/mol. The van der Waals surface area contributed by atoms with E-state index in [9.17, 15) is 4.79 Å². The molecule has 0 bridgehead atoms. The Kier molecular flexibility index (Phi) is 5.83. The number of hydrogen-bond donors (Lipinski definition) is 1. The SMILES string of the molecule is COc1ccc([C@@H](C)NC(=O)/C=C/c2ccc3c(c2)OCCO3)cc1Br. The van der Waals surface area contributed by atoms with Crippen molar-refractivity contribution in [2.45, 2.75) is 13.0 Å². The van der Waals surface area contributed by atoms with E-state index in [0.717, 1.165) is 27.1 Å². The number of amides is 1. The molecule has 1 heterocycles. The Labute approximate surface area is 161 Å². The van der Waals surface area contributed by atoms with E-state index >= 15 is 0 Å². The molecule has 26 heavy (non-hydrogen) atoms. The van der Waals surface area contributed by atoms with Gasteiger partial charge in [0.15, 0.2) is 11.5 Å². The van der Waals surface area contributed by atoms with Gasteiger partial charge in [0.05, 0.1) is 17.6 Å². The first-order chi connectivity index (χ1) is 12.6. The highest BCUT2D eigenvalue weighted by molar-refractivity contribution is 9.10. The maximum Gasteiger partial charge on any atom is 0.244 e. The van der Waals surface area contributed by atoms with Crippen molar-refractivity contribution < 1.29 is 19.0 Å². The van der Waals surface area contributed by atoms with Crippen LogP contribution in [-0.2, 0) is 4.79 Å². The second-order valence-electron chi connectivity index (χ2n) is 5.86. The largest absolute Gasteiger partial charge is 0.496 e. The second kappa shape index (κ2) is 8.27. The Hall–Kier alpha value is -2.47. The Morgan fingerprint density at radius 1 is 1.19 bits per heavy atom. The summed E-state index contributed by atoms with van der Waals surface area (Å²) < 4.78 is 17.1. The molecule has 5 nitrogen and oxygen atoms in total. The van der Waals surface area contributed by atoms with Gasteiger partial charge in [-0.1, -0.05) is 12.1 Å². The summed E-state index contributed by atoms with van der Waals surface area (Å²) in [5.41, 5.74) is 1.86. The number of nitrogens with one attached hydrogen (secondary N) is 1. The van der Waals surface area contributed by atoms with Crippen LogP contribution in [0.4, 0.5) is 0 Å². The molecule has 136 valence electrons. The number of carbonyl (C=O) groups excluding carboxylic acids is 1. The van der Waals surface area contributed by atoms with E-state index in [1.54, 1.807) is 13.2 Å². The Bertz CT molecular complexity index is 835. The summed E-state index contributed by atoms with van der Waals surface area (Å²) in [6, 6.07) is 11.2. The molecule has 2 aromatic carbocycles. The molecule has 6 heteroatoms. The summed E-state index contributed by atoms with van der Waals surface area (Å²) in [5, 5.41) is 2.95. The summed E-state index contributed by atoms with van der Waals surface area (Å²) in [4.78, 5) is 12.2. The molecule has 1 N–H and O–H groups in total. The van der Waals surface area contributed by atoms with Gasteiger partial charge in [0.25, 0.3) is 0 Å². The van der Waals surface area contributed by atoms with Crippen molar-refractivity contribution in [3.63, 3.8) is 0 Å². The van der Waals surface area contributed by atoms with E-state index in [2.05, 4.69) is 21.2 Å². The zero-order valence-electron chi connectivity index (χ0n) is 14.6. The third kappa shape index (κ3) is 4.38. The topological polar surface area (TPSA) is 56.8 Å². The molecule has 1 aliphatic heterocycles. The third-order valence-corrected chi connectivity index (χ3v) is 4.65. The summed E-state index contributed by atoms with van der Waals surface area (Å²) in [6.07, 6.45) is 3.27. The number of fused-ring (bicyclic) bond motifs is 1.